The molecule has 0 aliphatic heterocycles. The maximum atomic E-state index is 14.0. The van der Waals surface area contributed by atoms with Crippen LogP contribution in [0.1, 0.15) is 15.9 Å². The molecule has 22 heteroatoms. The van der Waals surface area contributed by atoms with Crippen LogP contribution in [0, 0.1) is 0 Å². The van der Waals surface area contributed by atoms with Crippen molar-refractivity contribution in [2.24, 2.45) is 32.2 Å². The summed E-state index contributed by atoms with van der Waals surface area (Å²) in [5.41, 5.74) is 8.36. The van der Waals surface area contributed by atoms with E-state index in [4.69, 9.17) is 11.8 Å². The van der Waals surface area contributed by atoms with Gasteiger partial charge >= 0.3 is 20.2 Å². The predicted molar refractivity (Wildman–Crippen MR) is 214 cm³/mol. The number of rotatable bonds is 11. The van der Waals surface area contributed by atoms with E-state index in [1.807, 2.05) is 12.1 Å². The molecule has 1 heterocycles. The molecule has 0 fully saturated rings. The summed E-state index contributed by atoms with van der Waals surface area (Å²) < 4.78 is 59.4. The molecule has 0 atom stereocenters. The minimum Gasteiger partial charge on any atom is -0.338 e. The number of aromatic amines is 1. The fourth-order valence-electron chi connectivity index (χ4n) is 5.35. The van der Waals surface area contributed by atoms with Crippen LogP contribution >= 0.6 is 0 Å². The van der Waals surface area contributed by atoms with Gasteiger partial charge in [0.15, 0.2) is 11.5 Å². The molecule has 0 bridgehead atoms. The molecule has 2 radical (unpaired) electrons. The molecule has 57 heavy (non-hydrogen) atoms. The summed E-state index contributed by atoms with van der Waals surface area (Å²) in [5, 5.41) is 16.7. The van der Waals surface area contributed by atoms with Crippen LogP contribution in [-0.2, 0) is 33.6 Å². The second-order valence-electron chi connectivity index (χ2n) is 11.6. The van der Waals surface area contributed by atoms with Crippen LogP contribution < -0.4 is 22.6 Å². The summed E-state index contributed by atoms with van der Waals surface area (Å²) in [6, 6.07) is 22.4. The van der Waals surface area contributed by atoms with E-state index < -0.39 is 41.5 Å². The van der Waals surface area contributed by atoms with E-state index in [9.17, 15) is 26.4 Å². The van der Waals surface area contributed by atoms with E-state index in [0.717, 1.165) is 23.7 Å². The summed E-state index contributed by atoms with van der Waals surface area (Å²) in [5.74, 6) is 9.53. The van der Waals surface area contributed by atoms with E-state index in [-0.39, 0.29) is 81.7 Å². The molecule has 2 aliphatic carbocycles. The standard InChI is InChI=1S/C35H26N10O8S2.2Na/c36-52-54(48,49)27-16-21-17-31(55(50,51)53-37)33(45-42-22-4-2-1-3-5-22)34(47)32(21)30(19-27)44-41-23-8-6-20(7-9-23)35-38-28-15-12-25(18-29(28)39-35)43-40-24-10-13-26(46)14-11-24;;/h1-19,42-43H,36-37H2,(H,38,39);;. The van der Waals surface area contributed by atoms with Crippen molar-refractivity contribution in [2.45, 2.75) is 4.90 Å². The molecule has 7 N–H and O–H groups in total. The number of azo groups is 1. The van der Waals surface area contributed by atoms with E-state index in [1.165, 1.54) is 12.2 Å². The summed E-state index contributed by atoms with van der Waals surface area (Å²) in [4.78, 5) is 31.9. The topological polar surface area (TPSA) is 275 Å². The van der Waals surface area contributed by atoms with Crippen LogP contribution in [0.3, 0.4) is 0 Å². The summed E-state index contributed by atoms with van der Waals surface area (Å²) >= 11 is 0. The summed E-state index contributed by atoms with van der Waals surface area (Å²) in [6.07, 6.45) is 7.02. The maximum absolute atomic E-state index is 14.0. The van der Waals surface area contributed by atoms with Crippen molar-refractivity contribution >= 4 is 142 Å². The van der Waals surface area contributed by atoms with Crippen LogP contribution in [0.15, 0.2) is 139 Å². The largest absolute Gasteiger partial charge is 0.338 e. The minimum absolute atomic E-state index is 0. The van der Waals surface area contributed by atoms with Gasteiger partial charge in [0.25, 0.3) is 0 Å². The zero-order valence-electron chi connectivity index (χ0n) is 29.9. The molecule has 18 nitrogen and oxygen atoms in total. The molecular weight excluding hydrogens is 799 g/mol. The molecule has 2 aliphatic rings. The third-order valence-corrected chi connectivity index (χ3v) is 10.2. The second-order valence-corrected chi connectivity index (χ2v) is 14.7. The van der Waals surface area contributed by atoms with Gasteiger partial charge in [-0.25, -0.2) is 4.98 Å². The number of H-pyrrole nitrogens is 1. The van der Waals surface area contributed by atoms with Gasteiger partial charge in [0.2, 0.25) is 5.78 Å². The van der Waals surface area contributed by atoms with Crippen LogP contribution in [0.4, 0.5) is 22.7 Å². The van der Waals surface area contributed by atoms with Gasteiger partial charge in [0, 0.05) is 64.7 Å². The molecular formula is C35H26N10Na2O8S2. The Morgan fingerprint density at radius 2 is 1.40 bits per heavy atom. The van der Waals surface area contributed by atoms with Crippen molar-refractivity contribution in [1.29, 1.82) is 0 Å². The van der Waals surface area contributed by atoms with E-state index in [1.54, 1.807) is 72.8 Å². The number of ketones is 2. The first kappa shape index (κ1) is 43.3. The molecule has 1 aromatic heterocycles. The number of carbonyl (C=O) groups is 2. The van der Waals surface area contributed by atoms with E-state index in [2.05, 4.69) is 49.8 Å². The van der Waals surface area contributed by atoms with Crippen molar-refractivity contribution < 1.29 is 35.0 Å². The second kappa shape index (κ2) is 18.2. The van der Waals surface area contributed by atoms with Crippen molar-refractivity contribution in [1.82, 2.24) is 9.97 Å². The van der Waals surface area contributed by atoms with Crippen LogP contribution in [0.5, 0.6) is 0 Å². The third-order valence-electron chi connectivity index (χ3n) is 8.01. The van der Waals surface area contributed by atoms with Crippen LogP contribution in [0.2, 0.25) is 0 Å². The number of para-hydroxylation sites is 1. The zero-order valence-corrected chi connectivity index (χ0v) is 35.6. The van der Waals surface area contributed by atoms with Crippen molar-refractivity contribution in [3.8, 4) is 11.4 Å². The van der Waals surface area contributed by atoms with Gasteiger partial charge in [-0.15, -0.1) is 5.11 Å². The number of nitrogens with zero attached hydrogens (tertiary/aromatic N) is 5. The first-order valence-corrected chi connectivity index (χ1v) is 18.6. The Hall–Kier alpha value is -4.81. The van der Waals surface area contributed by atoms with Gasteiger partial charge < -0.3 is 4.98 Å². The molecule has 0 saturated carbocycles. The molecule has 278 valence electrons. The first-order valence-electron chi connectivity index (χ1n) is 15.8. The SMILES string of the molecule is NOS(=O)(=O)C1=Cc2cc(S(=O)(=O)ON)cc(N=Nc3ccc(-c4nc5ccc(NN=C6C=CC(=O)C=C6)cc5[nH]4)cc3)c2C(=O)C1=NNc1ccccc1.[Na].[Na]. The summed E-state index contributed by atoms with van der Waals surface area (Å²) in [6.45, 7) is 0. The Kier molecular flexibility index (Phi) is 13.8. The van der Waals surface area contributed by atoms with Crippen molar-refractivity contribution in [2.75, 3.05) is 10.9 Å². The van der Waals surface area contributed by atoms with Crippen molar-refractivity contribution in [3.05, 3.63) is 125 Å². The van der Waals surface area contributed by atoms with Gasteiger partial charge in [-0.05, 0) is 103 Å². The third kappa shape index (κ3) is 9.67. The van der Waals surface area contributed by atoms with Crippen molar-refractivity contribution in [3.63, 3.8) is 0 Å². The fraction of sp³-hybridized carbons (Fsp3) is 0. The number of benzene rings is 4. The smallest absolute Gasteiger partial charge is 0.315 e. The average molecular weight is 825 g/mol. The normalized spacial score (nSPS) is 14.6. The number of fused-ring (bicyclic) bond motifs is 2. The number of anilines is 2. The number of aromatic nitrogens is 2. The maximum Gasteiger partial charge on any atom is 0.315 e. The Bertz CT molecular complexity index is 2790. The van der Waals surface area contributed by atoms with Crippen LogP contribution in [0.25, 0.3) is 28.5 Å². The summed E-state index contributed by atoms with van der Waals surface area (Å²) in [7, 11) is -9.34. The Balaban J connectivity index is 0.00000310. The molecule has 0 saturated heterocycles. The average Bonchev–Trinajstić information content (AvgIpc) is 3.63. The molecule has 7 rings (SSSR count). The number of hydrogen-bond acceptors (Lipinski definition) is 17. The zero-order chi connectivity index (χ0) is 38.7. The number of Topliss-reactive ketones (excluding diaryl/α,β-unsaturated/α-hetero) is 1. The Morgan fingerprint density at radius 1 is 0.719 bits per heavy atom. The molecule has 0 spiro atoms. The van der Waals surface area contributed by atoms with Gasteiger partial charge in [-0.1, -0.05) is 18.2 Å². The minimum atomic E-state index is -4.76. The number of hydrogen-bond donors (Lipinski definition) is 5. The van der Waals surface area contributed by atoms with E-state index in [0.29, 0.717) is 39.7 Å². The van der Waals surface area contributed by atoms with Gasteiger partial charge in [0.1, 0.15) is 10.7 Å². The van der Waals surface area contributed by atoms with E-state index >= 15 is 0 Å². The molecule has 5 aromatic rings. The molecule has 0 amide bonds. The number of allylic oxidation sites excluding steroid dienone is 5. The quantitative estimate of drug-likeness (QED) is 0.0543. The number of imidazole rings is 1. The van der Waals surface area contributed by atoms with Gasteiger partial charge in [-0.2, -0.15) is 52.5 Å². The number of nitrogens with one attached hydrogen (secondary N) is 3. The monoisotopic (exact) mass is 824 g/mol. The number of hydrazone groups is 2. The number of carbonyl (C=O) groups excluding carboxylic acids is 2. The van der Waals surface area contributed by atoms with Gasteiger partial charge in [0.05, 0.1) is 50.0 Å². The van der Waals surface area contributed by atoms with Gasteiger partial charge in [-0.3, -0.25) is 20.4 Å². The molecule has 0 unspecified atom stereocenters. The first-order chi connectivity index (χ1) is 26.4. The van der Waals surface area contributed by atoms with Crippen LogP contribution in [-0.4, -0.2) is 109 Å². The predicted octanol–water partition coefficient (Wildman–Crippen LogP) is 4.15. The number of nitrogens with two attached hydrogens (primary N) is 2. The Morgan fingerprint density at radius 3 is 2.09 bits per heavy atom. The fourth-order valence-corrected chi connectivity index (χ4v) is 6.73. The Labute approximate surface area is 368 Å². The molecule has 4 aromatic carbocycles.